The third-order valence-corrected chi connectivity index (χ3v) is 2.89. The van der Waals surface area contributed by atoms with Crippen LogP contribution in [0.25, 0.3) is 0 Å². The number of anilines is 1. The average molecular weight is 284 g/mol. The third kappa shape index (κ3) is 4.04. The highest BCUT2D eigenvalue weighted by Gasteiger charge is 2.18. The van der Waals surface area contributed by atoms with E-state index in [0.717, 1.165) is 5.56 Å². The zero-order valence-electron chi connectivity index (χ0n) is 11.4. The Labute approximate surface area is 122 Å². The van der Waals surface area contributed by atoms with Crippen molar-refractivity contribution in [3.63, 3.8) is 0 Å². The number of hydrogen-bond acceptors (Lipinski definition) is 4. The van der Waals surface area contributed by atoms with Crippen LogP contribution in [0, 0.1) is 0 Å². The van der Waals surface area contributed by atoms with Gasteiger partial charge in [-0.1, -0.05) is 12.1 Å². The molecule has 0 spiro atoms. The van der Waals surface area contributed by atoms with Crippen LogP contribution in [0.1, 0.15) is 15.9 Å². The Kier molecular flexibility index (Phi) is 4.50. The predicted octanol–water partition coefficient (Wildman–Crippen LogP) is 0.791. The molecule has 2 amide bonds. The van der Waals surface area contributed by atoms with Crippen LogP contribution in [-0.4, -0.2) is 28.2 Å². The second-order valence-electron chi connectivity index (χ2n) is 4.61. The van der Waals surface area contributed by atoms with Crippen molar-refractivity contribution in [1.29, 1.82) is 0 Å². The van der Waals surface area contributed by atoms with E-state index < -0.39 is 5.91 Å². The monoisotopic (exact) mass is 284 g/mol. The number of primary amides is 1. The van der Waals surface area contributed by atoms with Crippen LogP contribution in [-0.2, 0) is 11.3 Å². The van der Waals surface area contributed by atoms with Crippen molar-refractivity contribution in [2.75, 3.05) is 12.3 Å². The lowest BCUT2D eigenvalue weighted by molar-refractivity contribution is -0.118. The quantitative estimate of drug-likeness (QED) is 0.792. The molecule has 0 unspecified atom stereocenters. The SMILES string of the molecule is NC(=O)CN(Cc1cccc(N)c1)C(=O)c1ccncc1. The molecular weight excluding hydrogens is 268 g/mol. The van der Waals surface area contributed by atoms with Crippen molar-refractivity contribution in [2.45, 2.75) is 6.54 Å². The second kappa shape index (κ2) is 6.51. The van der Waals surface area contributed by atoms with Crippen LogP contribution in [0.2, 0.25) is 0 Å². The summed E-state index contributed by atoms with van der Waals surface area (Å²) in [4.78, 5) is 28.9. The van der Waals surface area contributed by atoms with E-state index in [-0.39, 0.29) is 19.0 Å². The molecule has 1 aromatic carbocycles. The summed E-state index contributed by atoms with van der Waals surface area (Å²) < 4.78 is 0. The molecule has 0 aliphatic carbocycles. The first-order valence-corrected chi connectivity index (χ1v) is 6.38. The maximum atomic E-state index is 12.4. The summed E-state index contributed by atoms with van der Waals surface area (Å²) in [6, 6.07) is 10.3. The Bertz CT molecular complexity index is 643. The molecule has 6 heteroatoms. The van der Waals surface area contributed by atoms with Crippen LogP contribution < -0.4 is 11.5 Å². The molecule has 4 N–H and O–H groups in total. The van der Waals surface area contributed by atoms with Crippen LogP contribution in [0.3, 0.4) is 0 Å². The summed E-state index contributed by atoms with van der Waals surface area (Å²) in [5.74, 6) is -0.847. The normalized spacial score (nSPS) is 10.1. The summed E-state index contributed by atoms with van der Waals surface area (Å²) in [5.41, 5.74) is 12.8. The van der Waals surface area contributed by atoms with Crippen molar-refractivity contribution in [1.82, 2.24) is 9.88 Å². The Morgan fingerprint density at radius 3 is 2.48 bits per heavy atom. The number of pyridine rings is 1. The van der Waals surface area contributed by atoms with Gasteiger partial charge in [-0.05, 0) is 29.8 Å². The largest absolute Gasteiger partial charge is 0.399 e. The van der Waals surface area contributed by atoms with Gasteiger partial charge < -0.3 is 16.4 Å². The minimum Gasteiger partial charge on any atom is -0.399 e. The number of carbonyl (C=O) groups excluding carboxylic acids is 2. The van der Waals surface area contributed by atoms with Crippen molar-refractivity contribution in [3.05, 3.63) is 59.9 Å². The lowest BCUT2D eigenvalue weighted by atomic mass is 10.1. The lowest BCUT2D eigenvalue weighted by Crippen LogP contribution is -2.38. The molecule has 108 valence electrons. The van der Waals surface area contributed by atoms with Crippen LogP contribution >= 0.6 is 0 Å². The summed E-state index contributed by atoms with van der Waals surface area (Å²) in [7, 11) is 0. The van der Waals surface area contributed by atoms with Crippen LogP contribution in [0.15, 0.2) is 48.8 Å². The van der Waals surface area contributed by atoms with Gasteiger partial charge in [0.1, 0.15) is 0 Å². The first-order valence-electron chi connectivity index (χ1n) is 6.38. The molecule has 0 atom stereocenters. The van der Waals surface area contributed by atoms with Gasteiger partial charge in [0.2, 0.25) is 5.91 Å². The fourth-order valence-electron chi connectivity index (χ4n) is 1.98. The highest BCUT2D eigenvalue weighted by molar-refractivity contribution is 5.96. The lowest BCUT2D eigenvalue weighted by Gasteiger charge is -2.21. The van der Waals surface area contributed by atoms with Gasteiger partial charge in [-0.3, -0.25) is 14.6 Å². The number of benzene rings is 1. The molecular formula is C15H16N4O2. The minimum absolute atomic E-state index is 0.157. The Morgan fingerprint density at radius 1 is 1.14 bits per heavy atom. The van der Waals surface area contributed by atoms with Gasteiger partial charge in [0, 0.05) is 30.2 Å². The predicted molar refractivity (Wildman–Crippen MR) is 79.0 cm³/mol. The fourth-order valence-corrected chi connectivity index (χ4v) is 1.98. The number of nitrogens with two attached hydrogens (primary N) is 2. The summed E-state index contributed by atoms with van der Waals surface area (Å²) in [6.45, 7) is 0.102. The van der Waals surface area contributed by atoms with Gasteiger partial charge in [0.05, 0.1) is 6.54 Å². The van der Waals surface area contributed by atoms with Crippen molar-refractivity contribution < 1.29 is 9.59 Å². The number of aromatic nitrogens is 1. The molecule has 0 fully saturated rings. The van der Waals surface area contributed by atoms with Gasteiger partial charge in [-0.2, -0.15) is 0 Å². The van der Waals surface area contributed by atoms with Crippen LogP contribution in [0.5, 0.6) is 0 Å². The van der Waals surface area contributed by atoms with Gasteiger partial charge >= 0.3 is 0 Å². The highest BCUT2D eigenvalue weighted by atomic mass is 16.2. The molecule has 0 saturated carbocycles. The summed E-state index contributed by atoms with van der Waals surface area (Å²) >= 11 is 0. The Balaban J connectivity index is 2.22. The van der Waals surface area contributed by atoms with E-state index in [0.29, 0.717) is 11.3 Å². The van der Waals surface area contributed by atoms with E-state index in [2.05, 4.69) is 4.98 Å². The van der Waals surface area contributed by atoms with Crippen molar-refractivity contribution >= 4 is 17.5 Å². The molecule has 0 bridgehead atoms. The number of nitrogen functional groups attached to an aromatic ring is 1. The van der Waals surface area contributed by atoms with Gasteiger partial charge in [0.15, 0.2) is 0 Å². The summed E-state index contributed by atoms with van der Waals surface area (Å²) in [5, 5.41) is 0. The topological polar surface area (TPSA) is 102 Å². The summed E-state index contributed by atoms with van der Waals surface area (Å²) in [6.07, 6.45) is 3.05. The zero-order valence-corrected chi connectivity index (χ0v) is 11.4. The number of nitrogens with zero attached hydrogens (tertiary/aromatic N) is 2. The number of rotatable bonds is 5. The van der Waals surface area contributed by atoms with Gasteiger partial charge in [0.25, 0.3) is 5.91 Å². The molecule has 2 aromatic rings. The third-order valence-electron chi connectivity index (χ3n) is 2.89. The number of hydrogen-bond donors (Lipinski definition) is 2. The standard InChI is InChI=1S/C15H16N4O2/c16-13-3-1-2-11(8-13)9-19(10-14(17)20)15(21)12-4-6-18-7-5-12/h1-8H,9-10,16H2,(H2,17,20). The second-order valence-corrected chi connectivity index (χ2v) is 4.61. The maximum absolute atomic E-state index is 12.4. The number of carbonyl (C=O) groups is 2. The molecule has 0 saturated heterocycles. The van der Waals surface area contributed by atoms with E-state index in [1.54, 1.807) is 30.3 Å². The zero-order chi connectivity index (χ0) is 15.2. The molecule has 1 aromatic heterocycles. The van der Waals surface area contributed by atoms with E-state index in [9.17, 15) is 9.59 Å². The van der Waals surface area contributed by atoms with Gasteiger partial charge in [-0.25, -0.2) is 0 Å². The van der Waals surface area contributed by atoms with Crippen LogP contribution in [0.4, 0.5) is 5.69 Å². The number of amides is 2. The smallest absolute Gasteiger partial charge is 0.254 e. The Morgan fingerprint density at radius 2 is 1.86 bits per heavy atom. The molecule has 6 nitrogen and oxygen atoms in total. The minimum atomic E-state index is -0.568. The molecule has 21 heavy (non-hydrogen) atoms. The highest BCUT2D eigenvalue weighted by Crippen LogP contribution is 2.12. The molecule has 2 rings (SSSR count). The molecule has 0 aliphatic heterocycles. The Hall–Kier alpha value is -2.89. The molecule has 0 radical (unpaired) electrons. The molecule has 1 heterocycles. The first-order chi connectivity index (χ1) is 10.1. The van der Waals surface area contributed by atoms with Crippen molar-refractivity contribution in [2.24, 2.45) is 5.73 Å². The maximum Gasteiger partial charge on any atom is 0.254 e. The van der Waals surface area contributed by atoms with Gasteiger partial charge in [-0.15, -0.1) is 0 Å². The first kappa shape index (κ1) is 14.5. The van der Waals surface area contributed by atoms with E-state index >= 15 is 0 Å². The average Bonchev–Trinajstić information content (AvgIpc) is 2.46. The van der Waals surface area contributed by atoms with E-state index in [1.165, 1.54) is 17.3 Å². The van der Waals surface area contributed by atoms with E-state index in [4.69, 9.17) is 11.5 Å². The van der Waals surface area contributed by atoms with Crippen molar-refractivity contribution in [3.8, 4) is 0 Å². The van der Waals surface area contributed by atoms with E-state index in [1.807, 2.05) is 6.07 Å². The molecule has 0 aliphatic rings. The fraction of sp³-hybridized carbons (Fsp3) is 0.133.